The molecular weight excluding hydrogens is 760 g/mol. The van der Waals surface area contributed by atoms with E-state index in [0.717, 1.165) is 27.8 Å². The lowest BCUT2D eigenvalue weighted by molar-refractivity contribution is 0.109. The molecule has 0 aliphatic heterocycles. The number of sulfone groups is 2. The highest BCUT2D eigenvalue weighted by molar-refractivity contribution is 7.91. The molecule has 0 bridgehead atoms. The highest BCUT2D eigenvalue weighted by atomic mass is 35.5. The van der Waals surface area contributed by atoms with E-state index in [0.29, 0.717) is 28.7 Å². The average molecular weight is 798 g/mol. The van der Waals surface area contributed by atoms with Gasteiger partial charge in [-0.05, 0) is 152 Å². The van der Waals surface area contributed by atoms with Gasteiger partial charge in [0.25, 0.3) is 0 Å². The summed E-state index contributed by atoms with van der Waals surface area (Å²) in [5.41, 5.74) is 3.55. The Hall–Kier alpha value is -4.86. The van der Waals surface area contributed by atoms with Crippen LogP contribution in [0.3, 0.4) is 0 Å². The molecule has 10 heteroatoms. The lowest BCUT2D eigenvalue weighted by Crippen LogP contribution is -2.25. The van der Waals surface area contributed by atoms with Gasteiger partial charge >= 0.3 is 0 Å². The summed E-state index contributed by atoms with van der Waals surface area (Å²) in [5.74, 6) is 1.74. The van der Waals surface area contributed by atoms with Gasteiger partial charge in [-0.25, -0.2) is 16.8 Å². The molecule has 0 aromatic heterocycles. The van der Waals surface area contributed by atoms with Crippen LogP contribution >= 0.6 is 23.2 Å². The molecule has 0 spiro atoms. The van der Waals surface area contributed by atoms with Crippen molar-refractivity contribution >= 4 is 48.4 Å². The summed E-state index contributed by atoms with van der Waals surface area (Å²) in [6.07, 6.45) is 0.577. The van der Waals surface area contributed by atoms with Crippen LogP contribution < -0.4 is 9.47 Å². The number of alkyl halides is 1. The van der Waals surface area contributed by atoms with Crippen LogP contribution in [0.5, 0.6) is 17.2 Å². The van der Waals surface area contributed by atoms with Crippen molar-refractivity contribution in [2.75, 3.05) is 0 Å². The molecule has 0 aliphatic carbocycles. The van der Waals surface area contributed by atoms with Crippen molar-refractivity contribution in [1.82, 2.24) is 0 Å². The van der Waals surface area contributed by atoms with E-state index in [9.17, 15) is 16.8 Å². The quantitative estimate of drug-likeness (QED) is 0.108. The predicted molar refractivity (Wildman–Crippen MR) is 215 cm³/mol. The van der Waals surface area contributed by atoms with E-state index in [1.54, 1.807) is 78.9 Å². The first kappa shape index (κ1) is 38.9. The van der Waals surface area contributed by atoms with Crippen molar-refractivity contribution in [3.8, 4) is 17.2 Å². The van der Waals surface area contributed by atoms with Crippen LogP contribution in [0.4, 0.5) is 0 Å². The fourth-order valence-electron chi connectivity index (χ4n) is 5.88. The fourth-order valence-corrected chi connectivity index (χ4v) is 8.77. The number of hydrogen-bond donors (Lipinski definition) is 0. The van der Waals surface area contributed by atoms with Crippen LogP contribution in [-0.4, -0.2) is 22.2 Å². The van der Waals surface area contributed by atoms with Crippen LogP contribution in [0.15, 0.2) is 172 Å². The van der Waals surface area contributed by atoms with Gasteiger partial charge in [0.1, 0.15) is 22.8 Å². The van der Waals surface area contributed by atoms with E-state index in [1.165, 1.54) is 12.1 Å². The van der Waals surface area contributed by atoms with E-state index in [2.05, 4.69) is 6.58 Å². The van der Waals surface area contributed by atoms with E-state index in [4.69, 9.17) is 32.7 Å². The van der Waals surface area contributed by atoms with E-state index < -0.39 is 25.3 Å². The first-order valence-corrected chi connectivity index (χ1v) is 20.9. The number of hydrogen-bond acceptors (Lipinski definition) is 6. The molecule has 1 atom stereocenters. The van der Waals surface area contributed by atoms with Crippen LogP contribution in [0.1, 0.15) is 43.0 Å². The molecule has 54 heavy (non-hydrogen) atoms. The summed E-state index contributed by atoms with van der Waals surface area (Å²) in [7, 11) is -7.39. The monoisotopic (exact) mass is 796 g/mol. The maximum Gasteiger partial charge on any atom is 0.206 e. The van der Waals surface area contributed by atoms with E-state index >= 15 is 0 Å². The summed E-state index contributed by atoms with van der Waals surface area (Å²) in [6.45, 7) is 10.0. The molecule has 6 rings (SSSR count). The lowest BCUT2D eigenvalue weighted by Gasteiger charge is -2.27. The molecule has 0 amide bonds. The van der Waals surface area contributed by atoms with Gasteiger partial charge in [0.15, 0.2) is 0 Å². The Morgan fingerprint density at radius 1 is 0.630 bits per heavy atom. The van der Waals surface area contributed by atoms with Crippen molar-refractivity contribution in [3.05, 3.63) is 179 Å². The van der Waals surface area contributed by atoms with Crippen LogP contribution in [0.25, 0.3) is 5.57 Å². The lowest BCUT2D eigenvalue weighted by atomic mass is 9.97. The van der Waals surface area contributed by atoms with Gasteiger partial charge in [-0.2, -0.15) is 0 Å². The van der Waals surface area contributed by atoms with Gasteiger partial charge in [0.05, 0.1) is 19.6 Å². The van der Waals surface area contributed by atoms with Gasteiger partial charge in [0, 0.05) is 10.4 Å². The summed E-state index contributed by atoms with van der Waals surface area (Å²) in [4.78, 5) is 0.761. The van der Waals surface area contributed by atoms with Crippen molar-refractivity contribution in [2.24, 2.45) is 0 Å². The smallest absolute Gasteiger partial charge is 0.206 e. The molecule has 1 unspecified atom stereocenters. The van der Waals surface area contributed by atoms with Gasteiger partial charge in [0.2, 0.25) is 19.7 Å². The van der Waals surface area contributed by atoms with Crippen LogP contribution in [0, 0.1) is 0 Å². The second kappa shape index (κ2) is 15.9. The zero-order valence-corrected chi connectivity index (χ0v) is 33.0. The summed E-state index contributed by atoms with van der Waals surface area (Å²) < 4.78 is 65.0. The van der Waals surface area contributed by atoms with Crippen LogP contribution in [0.2, 0.25) is 5.02 Å². The fraction of sp³-hybridized carbons (Fsp3) is 0.136. The Balaban J connectivity index is 1.06. The van der Waals surface area contributed by atoms with Gasteiger partial charge in [-0.15, -0.1) is 11.6 Å². The zero-order chi connectivity index (χ0) is 38.7. The van der Waals surface area contributed by atoms with E-state index in [1.807, 2.05) is 75.4 Å². The van der Waals surface area contributed by atoms with E-state index in [-0.39, 0.29) is 25.0 Å². The Morgan fingerprint density at radius 3 is 1.59 bits per heavy atom. The summed E-state index contributed by atoms with van der Waals surface area (Å²) in [5, 5.41) is 0.366. The maximum atomic E-state index is 13.3. The number of halogens is 2. The van der Waals surface area contributed by atoms with Gasteiger partial charge < -0.3 is 9.47 Å². The van der Waals surface area contributed by atoms with Crippen molar-refractivity contribution in [1.29, 1.82) is 0 Å². The maximum absolute atomic E-state index is 13.3. The highest BCUT2D eigenvalue weighted by Gasteiger charge is 2.25. The number of ether oxygens (including phenoxy) is 2. The minimum atomic E-state index is -3.71. The Morgan fingerprint density at radius 2 is 1.07 bits per heavy atom. The summed E-state index contributed by atoms with van der Waals surface area (Å²) in [6, 6.07) is 41.1. The molecule has 6 aromatic rings. The Kier molecular flexibility index (Phi) is 11.4. The first-order chi connectivity index (χ1) is 25.6. The molecule has 0 heterocycles. The first-order valence-electron chi connectivity index (χ1n) is 17.1. The molecule has 0 saturated carbocycles. The van der Waals surface area contributed by atoms with Crippen LogP contribution in [-0.2, 0) is 31.7 Å². The average Bonchev–Trinajstić information content (AvgIpc) is 3.15. The molecule has 0 radical (unpaired) electrons. The molecule has 6 nitrogen and oxygen atoms in total. The molecule has 276 valence electrons. The third kappa shape index (κ3) is 8.91. The second-order valence-corrected chi connectivity index (χ2v) is 18.4. The topological polar surface area (TPSA) is 86.7 Å². The SMILES string of the molecule is C=C(c1ccc(Oc2ccc(S(=O)(=O)c3cccc(CC(C)Cl)c3)cc2)cc1)c1ccc(OC(C)(C)c2ccc(S(=O)(=O)c3ccc(Cl)cc3)cc2)cc1. The molecule has 0 fully saturated rings. The minimum absolute atomic E-state index is 0.102. The molecule has 6 aromatic carbocycles. The van der Waals surface area contributed by atoms with Crippen molar-refractivity contribution in [2.45, 2.75) is 57.8 Å². The van der Waals surface area contributed by atoms with Crippen molar-refractivity contribution < 1.29 is 26.3 Å². The molecule has 0 saturated heterocycles. The molecule has 0 N–H and O–H groups in total. The molecular formula is C44H38Cl2O6S2. The normalized spacial score (nSPS) is 12.5. The molecule has 0 aliphatic rings. The number of benzene rings is 6. The standard InChI is InChI=1S/C44H38Cl2O6S2/c1-30(45)28-32-6-5-7-43(29-32)54(49,50)42-26-20-38(21-27-42)51-37-16-8-33(9-17-37)31(2)34-10-18-39(19-11-34)52-44(3,4)35-12-22-40(23-13-35)53(47,48)41-24-14-36(46)15-25-41/h5-27,29-30H,2,28H2,1,3-4H3. The Bertz CT molecular complexity index is 2480. The third-order valence-corrected chi connectivity index (χ3v) is 12.8. The predicted octanol–water partition coefficient (Wildman–Crippen LogP) is 11.3. The second-order valence-electron chi connectivity index (χ2n) is 13.3. The number of rotatable bonds is 13. The Labute approximate surface area is 327 Å². The third-order valence-electron chi connectivity index (χ3n) is 8.86. The minimum Gasteiger partial charge on any atom is -0.483 e. The van der Waals surface area contributed by atoms with Gasteiger partial charge in [-0.3, -0.25) is 0 Å². The largest absolute Gasteiger partial charge is 0.483 e. The van der Waals surface area contributed by atoms with Gasteiger partial charge in [-0.1, -0.05) is 66.7 Å². The highest BCUT2D eigenvalue weighted by Crippen LogP contribution is 2.33. The summed E-state index contributed by atoms with van der Waals surface area (Å²) >= 11 is 12.0. The zero-order valence-electron chi connectivity index (χ0n) is 29.9. The van der Waals surface area contributed by atoms with Crippen molar-refractivity contribution in [3.63, 3.8) is 0 Å².